The smallest absolute Gasteiger partial charge is 0.246 e. The largest absolute Gasteiger partial charge is 0.328 e. The Labute approximate surface area is 87.6 Å². The molecule has 2 heterocycles. The summed E-state index contributed by atoms with van der Waals surface area (Å²) in [5, 5.41) is 0. The molecule has 4 nitrogen and oxygen atoms in total. The lowest BCUT2D eigenvalue weighted by molar-refractivity contribution is 0.102. The average Bonchev–Trinajstić information content (AvgIpc) is 2.77. The third-order valence-electron chi connectivity index (χ3n) is 2.16. The van der Waals surface area contributed by atoms with Crippen molar-refractivity contribution in [2.75, 3.05) is 0 Å². The maximum Gasteiger partial charge on any atom is 0.246 e. The number of aryl methyl sites for hydroxylation is 1. The second kappa shape index (κ2) is 4.04. The summed E-state index contributed by atoms with van der Waals surface area (Å²) < 4.78 is 1.80. The van der Waals surface area contributed by atoms with Crippen LogP contribution in [0.4, 0.5) is 0 Å². The van der Waals surface area contributed by atoms with Gasteiger partial charge in [-0.05, 0) is 19.1 Å². The lowest BCUT2D eigenvalue weighted by atomic mass is 10.2. The summed E-state index contributed by atoms with van der Waals surface area (Å²) in [4.78, 5) is 20.0. The Bertz CT molecular complexity index is 462. The van der Waals surface area contributed by atoms with Gasteiger partial charge in [0, 0.05) is 25.1 Å². The van der Waals surface area contributed by atoms with Crippen molar-refractivity contribution in [2.24, 2.45) is 0 Å². The Morgan fingerprint density at radius 2 is 2.20 bits per heavy atom. The van der Waals surface area contributed by atoms with Crippen LogP contribution in [0.1, 0.15) is 23.2 Å². The highest BCUT2D eigenvalue weighted by Crippen LogP contribution is 2.05. The highest BCUT2D eigenvalue weighted by atomic mass is 16.1. The standard InChI is InChI=1S/C11H11N3O/c1-2-14-8-7-13-11(14)10(15)9-5-3-4-6-12-9/h3-8H,2H2,1H3. The third kappa shape index (κ3) is 1.79. The van der Waals surface area contributed by atoms with E-state index in [0.717, 1.165) is 6.54 Å². The Morgan fingerprint density at radius 3 is 2.87 bits per heavy atom. The molecule has 0 saturated carbocycles. The van der Waals surface area contributed by atoms with E-state index in [-0.39, 0.29) is 5.78 Å². The maximum atomic E-state index is 11.9. The Hall–Kier alpha value is -1.97. The van der Waals surface area contributed by atoms with Gasteiger partial charge in [-0.2, -0.15) is 0 Å². The number of ketones is 1. The molecule has 0 aliphatic rings. The van der Waals surface area contributed by atoms with Crippen LogP contribution in [0, 0.1) is 0 Å². The molecule has 0 aromatic carbocycles. The molecular formula is C11H11N3O. The molecule has 0 aliphatic heterocycles. The average molecular weight is 201 g/mol. The van der Waals surface area contributed by atoms with Gasteiger partial charge in [0.15, 0.2) is 5.82 Å². The van der Waals surface area contributed by atoms with Crippen LogP contribution in [0.5, 0.6) is 0 Å². The van der Waals surface area contributed by atoms with Gasteiger partial charge in [0.05, 0.1) is 0 Å². The number of hydrogen-bond donors (Lipinski definition) is 0. The van der Waals surface area contributed by atoms with Gasteiger partial charge < -0.3 is 4.57 Å². The fraction of sp³-hybridized carbons (Fsp3) is 0.182. The molecule has 4 heteroatoms. The van der Waals surface area contributed by atoms with Crippen molar-refractivity contribution < 1.29 is 4.79 Å². The minimum atomic E-state index is -0.137. The molecule has 0 unspecified atom stereocenters. The van der Waals surface area contributed by atoms with E-state index in [1.54, 1.807) is 41.4 Å². The SMILES string of the molecule is CCn1ccnc1C(=O)c1ccccn1. The zero-order valence-corrected chi connectivity index (χ0v) is 8.42. The quantitative estimate of drug-likeness (QED) is 0.707. The highest BCUT2D eigenvalue weighted by Gasteiger charge is 2.14. The first-order valence-corrected chi connectivity index (χ1v) is 4.79. The highest BCUT2D eigenvalue weighted by molar-refractivity contribution is 6.05. The van der Waals surface area contributed by atoms with Gasteiger partial charge >= 0.3 is 0 Å². The number of carbonyl (C=O) groups is 1. The summed E-state index contributed by atoms with van der Waals surface area (Å²) in [7, 11) is 0. The molecule has 15 heavy (non-hydrogen) atoms. The van der Waals surface area contributed by atoms with Gasteiger partial charge in [0.1, 0.15) is 5.69 Å². The van der Waals surface area contributed by atoms with Crippen molar-refractivity contribution in [3.63, 3.8) is 0 Å². The molecule has 2 aromatic rings. The van der Waals surface area contributed by atoms with Crippen molar-refractivity contribution in [1.29, 1.82) is 0 Å². The Balaban J connectivity index is 2.37. The van der Waals surface area contributed by atoms with Crippen LogP contribution in [0.25, 0.3) is 0 Å². The monoisotopic (exact) mass is 201 g/mol. The van der Waals surface area contributed by atoms with Crippen LogP contribution >= 0.6 is 0 Å². The predicted octanol–water partition coefficient (Wildman–Crippen LogP) is 1.53. The molecule has 76 valence electrons. The molecule has 0 aliphatic carbocycles. The first kappa shape index (κ1) is 9.58. The van der Waals surface area contributed by atoms with Gasteiger partial charge in [-0.3, -0.25) is 9.78 Å². The summed E-state index contributed by atoms with van der Waals surface area (Å²) in [5.74, 6) is 0.304. The van der Waals surface area contributed by atoms with Crippen LogP contribution in [-0.4, -0.2) is 20.3 Å². The number of nitrogens with zero attached hydrogens (tertiary/aromatic N) is 3. The maximum absolute atomic E-state index is 11.9. The third-order valence-corrected chi connectivity index (χ3v) is 2.16. The van der Waals surface area contributed by atoms with E-state index >= 15 is 0 Å². The molecule has 0 fully saturated rings. The predicted molar refractivity (Wildman–Crippen MR) is 55.6 cm³/mol. The van der Waals surface area contributed by atoms with E-state index in [9.17, 15) is 4.79 Å². The van der Waals surface area contributed by atoms with Crippen LogP contribution in [-0.2, 0) is 6.54 Å². The summed E-state index contributed by atoms with van der Waals surface area (Å²) >= 11 is 0. The van der Waals surface area contributed by atoms with Crippen LogP contribution in [0.3, 0.4) is 0 Å². The van der Waals surface area contributed by atoms with E-state index in [1.165, 1.54) is 0 Å². The minimum absolute atomic E-state index is 0.137. The number of carbonyl (C=O) groups excluding carboxylic acids is 1. The number of hydrogen-bond acceptors (Lipinski definition) is 3. The normalized spacial score (nSPS) is 10.2. The van der Waals surface area contributed by atoms with E-state index in [0.29, 0.717) is 11.5 Å². The molecule has 0 N–H and O–H groups in total. The lowest BCUT2D eigenvalue weighted by Crippen LogP contribution is -2.11. The molecule has 0 saturated heterocycles. The molecule has 0 radical (unpaired) electrons. The van der Waals surface area contributed by atoms with E-state index in [4.69, 9.17) is 0 Å². The molecule has 0 atom stereocenters. The molecule has 0 amide bonds. The van der Waals surface area contributed by atoms with Gasteiger partial charge in [-0.25, -0.2) is 4.98 Å². The Morgan fingerprint density at radius 1 is 1.33 bits per heavy atom. The number of pyridine rings is 1. The summed E-state index contributed by atoms with van der Waals surface area (Å²) in [5.41, 5.74) is 0.429. The molecule has 0 bridgehead atoms. The zero-order chi connectivity index (χ0) is 10.7. The van der Waals surface area contributed by atoms with Crippen molar-refractivity contribution in [3.8, 4) is 0 Å². The molecular weight excluding hydrogens is 190 g/mol. The molecule has 0 spiro atoms. The number of rotatable bonds is 3. The van der Waals surface area contributed by atoms with Crippen molar-refractivity contribution in [2.45, 2.75) is 13.5 Å². The number of imidazole rings is 1. The Kier molecular flexibility index (Phi) is 2.58. The first-order valence-electron chi connectivity index (χ1n) is 4.79. The van der Waals surface area contributed by atoms with E-state index in [1.807, 2.05) is 6.92 Å². The zero-order valence-electron chi connectivity index (χ0n) is 8.42. The second-order valence-electron chi connectivity index (χ2n) is 3.08. The van der Waals surface area contributed by atoms with Gasteiger partial charge in [-0.1, -0.05) is 6.07 Å². The fourth-order valence-electron chi connectivity index (χ4n) is 1.39. The van der Waals surface area contributed by atoms with E-state index < -0.39 is 0 Å². The van der Waals surface area contributed by atoms with Crippen LogP contribution in [0.2, 0.25) is 0 Å². The van der Waals surface area contributed by atoms with Gasteiger partial charge in [0.2, 0.25) is 5.78 Å². The van der Waals surface area contributed by atoms with E-state index in [2.05, 4.69) is 9.97 Å². The van der Waals surface area contributed by atoms with Crippen LogP contribution in [0.15, 0.2) is 36.8 Å². The lowest BCUT2D eigenvalue weighted by Gasteiger charge is -2.02. The summed E-state index contributed by atoms with van der Waals surface area (Å²) in [6.07, 6.45) is 5.02. The number of aromatic nitrogens is 3. The minimum Gasteiger partial charge on any atom is -0.328 e. The molecule has 2 rings (SSSR count). The summed E-state index contributed by atoms with van der Waals surface area (Å²) in [6.45, 7) is 2.70. The van der Waals surface area contributed by atoms with Crippen LogP contribution < -0.4 is 0 Å². The van der Waals surface area contributed by atoms with Crippen molar-refractivity contribution >= 4 is 5.78 Å². The second-order valence-corrected chi connectivity index (χ2v) is 3.08. The van der Waals surface area contributed by atoms with Gasteiger partial charge in [0.25, 0.3) is 0 Å². The molecule has 2 aromatic heterocycles. The fourth-order valence-corrected chi connectivity index (χ4v) is 1.39. The summed E-state index contributed by atoms with van der Waals surface area (Å²) in [6, 6.07) is 5.26. The first-order chi connectivity index (χ1) is 7.33. The topological polar surface area (TPSA) is 47.8 Å². The van der Waals surface area contributed by atoms with Gasteiger partial charge in [-0.15, -0.1) is 0 Å². The van der Waals surface area contributed by atoms with Crippen molar-refractivity contribution in [3.05, 3.63) is 48.3 Å². The van der Waals surface area contributed by atoms with Crippen molar-refractivity contribution in [1.82, 2.24) is 14.5 Å².